The first kappa shape index (κ1) is 25.9. The van der Waals surface area contributed by atoms with E-state index >= 15 is 0 Å². The number of aromatic amines is 1. The second-order valence-electron chi connectivity index (χ2n) is 10.9. The van der Waals surface area contributed by atoms with Gasteiger partial charge in [0.1, 0.15) is 11.5 Å². The number of H-pyrrole nitrogens is 1. The Kier molecular flexibility index (Phi) is 6.93. The number of benzene rings is 2. The van der Waals surface area contributed by atoms with Crippen molar-refractivity contribution >= 4 is 22.7 Å². The number of rotatable bonds is 7. The molecule has 0 spiro atoms. The summed E-state index contributed by atoms with van der Waals surface area (Å²) >= 11 is 0. The van der Waals surface area contributed by atoms with Gasteiger partial charge in [-0.3, -0.25) is 19.4 Å². The lowest BCUT2D eigenvalue weighted by molar-refractivity contribution is -0.151. The monoisotopic (exact) mass is 513 g/mol. The van der Waals surface area contributed by atoms with E-state index in [1.807, 2.05) is 49.2 Å². The average Bonchev–Trinajstić information content (AvgIpc) is 3.21. The molecule has 0 radical (unpaired) electrons. The van der Waals surface area contributed by atoms with Crippen LogP contribution in [0.3, 0.4) is 0 Å². The summed E-state index contributed by atoms with van der Waals surface area (Å²) in [6.45, 7) is 3.63. The van der Waals surface area contributed by atoms with Crippen molar-refractivity contribution in [1.82, 2.24) is 14.8 Å². The molecule has 1 saturated heterocycles. The average molecular weight is 514 g/mol. The number of nitrogens with one attached hydrogen (secondary N) is 1. The lowest BCUT2D eigenvalue weighted by atomic mass is 9.59. The third kappa shape index (κ3) is 4.43. The van der Waals surface area contributed by atoms with Gasteiger partial charge in [-0.05, 0) is 73.7 Å². The summed E-state index contributed by atoms with van der Waals surface area (Å²) in [5, 5.41) is 11.4. The van der Waals surface area contributed by atoms with Gasteiger partial charge in [0.25, 0.3) is 0 Å². The van der Waals surface area contributed by atoms with E-state index < -0.39 is 5.41 Å². The van der Waals surface area contributed by atoms with Crippen LogP contribution in [-0.2, 0) is 16.0 Å². The molecule has 2 amide bonds. The number of nitrogens with zero attached hydrogens (tertiary/aromatic N) is 2. The minimum Gasteiger partial charge on any atom is -0.508 e. The predicted octanol–water partition coefficient (Wildman–Crippen LogP) is 4.30. The highest BCUT2D eigenvalue weighted by Gasteiger charge is 2.54. The predicted molar refractivity (Wildman–Crippen MR) is 147 cm³/mol. The van der Waals surface area contributed by atoms with Gasteiger partial charge >= 0.3 is 0 Å². The molecule has 7 nitrogen and oxygen atoms in total. The summed E-state index contributed by atoms with van der Waals surface area (Å²) in [5.74, 6) is 3.05. The third-order valence-corrected chi connectivity index (χ3v) is 8.44. The molecular weight excluding hydrogens is 478 g/mol. The van der Waals surface area contributed by atoms with Crippen LogP contribution >= 0.6 is 0 Å². The smallest absolute Gasteiger partial charge is 0.235 e. The minimum atomic E-state index is -0.793. The molecule has 1 unspecified atom stereocenters. The molecule has 2 aromatic carbocycles. The standard InChI is InChI=1S/C31H35N3O4/c1-5-14-33(3)15-7-16-34-27(36)13-11-25-28(20-8-6-9-21(35)17-20)29-24(19-31(25,2)30(34)37)23-18-22(38-4)10-12-26(23)32-29/h1,6,8-10,12,17-18,25,28,32,35H,7,11,13-16,19H2,2-4H3/t25?,28-,31+/m0/s1. The van der Waals surface area contributed by atoms with Crippen molar-refractivity contribution in [3.8, 4) is 23.8 Å². The highest BCUT2D eigenvalue weighted by atomic mass is 16.5. The Balaban J connectivity index is 1.60. The minimum absolute atomic E-state index is 0.113. The van der Waals surface area contributed by atoms with E-state index in [4.69, 9.17) is 11.2 Å². The molecule has 3 aromatic rings. The highest BCUT2D eigenvalue weighted by molar-refractivity contribution is 6.00. The van der Waals surface area contributed by atoms with Gasteiger partial charge in [0, 0.05) is 42.0 Å². The Morgan fingerprint density at radius 1 is 1.26 bits per heavy atom. The van der Waals surface area contributed by atoms with Crippen LogP contribution < -0.4 is 4.74 Å². The van der Waals surface area contributed by atoms with E-state index in [0.29, 0.717) is 45.3 Å². The largest absolute Gasteiger partial charge is 0.508 e. The van der Waals surface area contributed by atoms with E-state index in [1.165, 1.54) is 4.90 Å². The van der Waals surface area contributed by atoms with E-state index in [2.05, 4.69) is 10.9 Å². The van der Waals surface area contributed by atoms with Crippen molar-refractivity contribution in [3.05, 3.63) is 59.3 Å². The number of likely N-dealkylation sites (tertiary alicyclic amines) is 1. The zero-order valence-electron chi connectivity index (χ0n) is 22.3. The van der Waals surface area contributed by atoms with Crippen molar-refractivity contribution in [2.24, 2.45) is 11.3 Å². The summed E-state index contributed by atoms with van der Waals surface area (Å²) in [6, 6.07) is 13.2. The Hall–Kier alpha value is -3.76. The van der Waals surface area contributed by atoms with Crippen molar-refractivity contribution in [3.63, 3.8) is 0 Å². The lowest BCUT2D eigenvalue weighted by Gasteiger charge is -2.45. The fourth-order valence-corrected chi connectivity index (χ4v) is 6.53. The molecule has 2 aliphatic rings. The number of carbonyl (C=O) groups is 2. The molecule has 1 aliphatic heterocycles. The van der Waals surface area contributed by atoms with E-state index in [9.17, 15) is 14.7 Å². The lowest BCUT2D eigenvalue weighted by Crippen LogP contribution is -2.51. The zero-order chi connectivity index (χ0) is 27.0. The van der Waals surface area contributed by atoms with Crippen LogP contribution in [0.5, 0.6) is 11.5 Å². The molecule has 1 fully saturated rings. The number of terminal acetylenes is 1. The number of imide groups is 1. The van der Waals surface area contributed by atoms with Crippen LogP contribution in [0.15, 0.2) is 42.5 Å². The number of methoxy groups -OCH3 is 1. The van der Waals surface area contributed by atoms with Crippen molar-refractivity contribution in [2.75, 3.05) is 33.8 Å². The Labute approximate surface area is 223 Å². The molecule has 3 atom stereocenters. The van der Waals surface area contributed by atoms with Crippen molar-refractivity contribution in [2.45, 2.75) is 38.5 Å². The van der Waals surface area contributed by atoms with Gasteiger partial charge in [-0.2, -0.15) is 0 Å². The molecule has 0 bridgehead atoms. The number of carbonyl (C=O) groups excluding carboxylic acids is 2. The van der Waals surface area contributed by atoms with Gasteiger partial charge in [0.2, 0.25) is 11.8 Å². The molecular formula is C31H35N3O4. The molecule has 1 aromatic heterocycles. The van der Waals surface area contributed by atoms with Crippen molar-refractivity contribution in [1.29, 1.82) is 0 Å². The SMILES string of the molecule is C#CCN(C)CCCN1C(=O)CCC2[C@H](c3cccc(O)c3)c3[nH]c4ccc(OC)cc4c3C[C@@]2(C)C1=O. The van der Waals surface area contributed by atoms with Crippen LogP contribution in [-0.4, -0.2) is 65.5 Å². The third-order valence-electron chi connectivity index (χ3n) is 8.44. The molecule has 2 N–H and O–H groups in total. The normalized spacial score (nSPS) is 23.2. The van der Waals surface area contributed by atoms with Gasteiger partial charge < -0.3 is 14.8 Å². The quantitative estimate of drug-likeness (QED) is 0.364. The Morgan fingerprint density at radius 3 is 2.82 bits per heavy atom. The number of aromatic nitrogens is 1. The fourth-order valence-electron chi connectivity index (χ4n) is 6.53. The van der Waals surface area contributed by atoms with Crippen LogP contribution in [0.2, 0.25) is 0 Å². The molecule has 198 valence electrons. The maximum Gasteiger partial charge on any atom is 0.235 e. The Bertz CT molecular complexity index is 1420. The Morgan fingerprint density at radius 2 is 2.08 bits per heavy atom. The first-order chi connectivity index (χ1) is 18.3. The zero-order valence-corrected chi connectivity index (χ0v) is 22.3. The van der Waals surface area contributed by atoms with Gasteiger partial charge in [-0.15, -0.1) is 6.42 Å². The topological polar surface area (TPSA) is 85.9 Å². The number of amides is 2. The molecule has 38 heavy (non-hydrogen) atoms. The van der Waals surface area contributed by atoms with Crippen LogP contribution in [0.4, 0.5) is 0 Å². The van der Waals surface area contributed by atoms with Gasteiger partial charge in [-0.1, -0.05) is 25.0 Å². The van der Waals surface area contributed by atoms with E-state index in [0.717, 1.165) is 33.5 Å². The second kappa shape index (κ2) is 10.2. The number of phenols is 1. The number of hydrogen-bond donors (Lipinski definition) is 2. The van der Waals surface area contributed by atoms with Crippen LogP contribution in [0.1, 0.15) is 48.9 Å². The van der Waals surface area contributed by atoms with Crippen LogP contribution in [0.25, 0.3) is 10.9 Å². The van der Waals surface area contributed by atoms with Gasteiger partial charge in [0.05, 0.1) is 19.1 Å². The maximum atomic E-state index is 14.3. The number of phenolic OH excluding ortho intramolecular Hbond substituents is 1. The summed E-state index contributed by atoms with van der Waals surface area (Å²) in [5.41, 5.74) is 3.25. The summed E-state index contributed by atoms with van der Waals surface area (Å²) in [6.07, 6.45) is 7.51. The first-order valence-corrected chi connectivity index (χ1v) is 13.2. The first-order valence-electron chi connectivity index (χ1n) is 13.2. The summed E-state index contributed by atoms with van der Waals surface area (Å²) < 4.78 is 5.51. The number of fused-ring (bicyclic) bond motifs is 4. The number of hydrogen-bond acceptors (Lipinski definition) is 5. The van der Waals surface area contributed by atoms with Gasteiger partial charge in [-0.25, -0.2) is 0 Å². The number of aromatic hydroxyl groups is 1. The molecule has 0 saturated carbocycles. The van der Waals surface area contributed by atoms with Gasteiger partial charge in [0.15, 0.2) is 0 Å². The van der Waals surface area contributed by atoms with Crippen LogP contribution in [0, 0.1) is 23.7 Å². The number of ether oxygens (including phenoxy) is 1. The fraction of sp³-hybridized carbons (Fsp3) is 0.419. The van der Waals surface area contributed by atoms with E-state index in [1.54, 1.807) is 19.2 Å². The maximum absolute atomic E-state index is 14.3. The van der Waals surface area contributed by atoms with E-state index in [-0.39, 0.29) is 29.4 Å². The molecule has 2 heterocycles. The second-order valence-corrected chi connectivity index (χ2v) is 10.9. The molecule has 7 heteroatoms. The summed E-state index contributed by atoms with van der Waals surface area (Å²) in [7, 11) is 3.59. The highest BCUT2D eigenvalue weighted by Crippen LogP contribution is 2.55. The molecule has 5 rings (SSSR count). The summed E-state index contributed by atoms with van der Waals surface area (Å²) in [4.78, 5) is 34.8. The van der Waals surface area contributed by atoms with Crippen molar-refractivity contribution < 1.29 is 19.4 Å². The molecule has 1 aliphatic carbocycles.